The first kappa shape index (κ1) is 33.4. The van der Waals surface area contributed by atoms with Crippen molar-refractivity contribution in [2.45, 2.75) is 87.2 Å². The molecular weight excluding hydrogens is 489 g/mol. The number of aliphatic hydroxyl groups is 1. The van der Waals surface area contributed by atoms with Crippen LogP contribution in [0.4, 0.5) is 10.1 Å². The second kappa shape index (κ2) is 17.8. The monoisotopic (exact) mass is 535 g/mol. The van der Waals surface area contributed by atoms with Crippen LogP contribution in [0.5, 0.6) is 0 Å². The average molecular weight is 536 g/mol. The fourth-order valence-electron chi connectivity index (χ4n) is 3.57. The summed E-state index contributed by atoms with van der Waals surface area (Å²) in [5.74, 6) is 0.349. The first-order valence-corrected chi connectivity index (χ1v) is 13.4. The molecule has 2 N–H and O–H groups in total. The van der Waals surface area contributed by atoms with Gasteiger partial charge in [0.1, 0.15) is 11.9 Å². The van der Waals surface area contributed by atoms with Crippen molar-refractivity contribution in [1.82, 2.24) is 20.2 Å². The standard InChI is InChI=1S/C26H30FN5O.C5H12.CH4/c1-5-6-7-16-32(17-18(2)3)23-14-12-22(28-19(23)4)13-15-24-29-26(31-30-24)25(33)20-8-10-21(27)11-9-20;1-3-5-4-2;/h7-17,25,33H,5-6H2,1-4H3,(H,29,30,31);3-5H2,1-2H3;1H4/b15-13+,16-7+;;/t25-;;/m0../s1. The normalized spacial score (nSPS) is 11.6. The van der Waals surface area contributed by atoms with Gasteiger partial charge >= 0.3 is 0 Å². The van der Waals surface area contributed by atoms with Crippen LogP contribution in [0.15, 0.2) is 60.4 Å². The molecule has 0 spiro atoms. The third-order valence-electron chi connectivity index (χ3n) is 5.55. The van der Waals surface area contributed by atoms with Gasteiger partial charge in [-0.15, -0.1) is 0 Å². The first-order valence-electron chi connectivity index (χ1n) is 13.4. The number of nitrogens with zero attached hydrogens (tertiary/aromatic N) is 4. The van der Waals surface area contributed by atoms with Gasteiger partial charge < -0.3 is 10.0 Å². The second-order valence-corrected chi connectivity index (χ2v) is 9.35. The quantitative estimate of drug-likeness (QED) is 0.257. The molecule has 1 aromatic carbocycles. The van der Waals surface area contributed by atoms with E-state index in [4.69, 9.17) is 4.98 Å². The number of allylic oxidation sites excluding steroid dienone is 2. The van der Waals surface area contributed by atoms with E-state index in [2.05, 4.69) is 73.2 Å². The predicted octanol–water partition coefficient (Wildman–Crippen LogP) is 8.78. The minimum atomic E-state index is -1.01. The molecule has 3 rings (SSSR count). The Morgan fingerprint density at radius 3 is 2.26 bits per heavy atom. The third kappa shape index (κ3) is 11.4. The van der Waals surface area contributed by atoms with Crippen molar-refractivity contribution >= 4 is 17.8 Å². The van der Waals surface area contributed by atoms with E-state index in [-0.39, 0.29) is 19.1 Å². The number of aryl methyl sites for hydroxylation is 1. The molecule has 0 radical (unpaired) electrons. The molecule has 1 atom stereocenters. The largest absolute Gasteiger partial charge is 0.380 e. The lowest BCUT2D eigenvalue weighted by Crippen LogP contribution is -2.10. The Hall–Kier alpha value is -3.58. The van der Waals surface area contributed by atoms with Crippen molar-refractivity contribution in [1.29, 1.82) is 0 Å². The number of hydrogen-bond acceptors (Lipinski definition) is 5. The summed E-state index contributed by atoms with van der Waals surface area (Å²) in [6.45, 7) is 12.7. The van der Waals surface area contributed by atoms with Gasteiger partial charge in [0.25, 0.3) is 0 Å². The van der Waals surface area contributed by atoms with E-state index in [1.165, 1.54) is 49.1 Å². The Kier molecular flexibility index (Phi) is 15.3. The SMILES string of the molecule is C.CCC/C=C/N(C=C(C)C)c1ccc(/C=C/c2n[nH]c([C@@H](O)c3ccc(F)cc3)n2)nc1C.CCCCC. The van der Waals surface area contributed by atoms with Crippen molar-refractivity contribution in [2.75, 3.05) is 4.90 Å². The van der Waals surface area contributed by atoms with Crippen LogP contribution >= 0.6 is 0 Å². The number of aromatic amines is 1. The van der Waals surface area contributed by atoms with Gasteiger partial charge in [-0.25, -0.2) is 9.37 Å². The molecule has 7 heteroatoms. The molecule has 0 aliphatic carbocycles. The molecule has 0 amide bonds. The summed E-state index contributed by atoms with van der Waals surface area (Å²) < 4.78 is 13.1. The average Bonchev–Trinajstić information content (AvgIpc) is 3.37. The van der Waals surface area contributed by atoms with E-state index in [1.54, 1.807) is 6.08 Å². The van der Waals surface area contributed by atoms with E-state index in [0.29, 0.717) is 11.4 Å². The molecule has 3 aromatic rings. The summed E-state index contributed by atoms with van der Waals surface area (Å²) in [5.41, 5.74) is 4.42. The number of halogens is 1. The Bertz CT molecular complexity index is 1190. The van der Waals surface area contributed by atoms with Crippen LogP contribution in [-0.4, -0.2) is 25.3 Å². The van der Waals surface area contributed by atoms with Crippen LogP contribution in [0.25, 0.3) is 12.2 Å². The lowest BCUT2D eigenvalue weighted by Gasteiger charge is -2.19. The summed E-state index contributed by atoms with van der Waals surface area (Å²) >= 11 is 0. The minimum Gasteiger partial charge on any atom is -0.380 e. The van der Waals surface area contributed by atoms with E-state index >= 15 is 0 Å². The van der Waals surface area contributed by atoms with Crippen molar-refractivity contribution in [3.05, 3.63) is 94.9 Å². The van der Waals surface area contributed by atoms with Crippen LogP contribution in [0.2, 0.25) is 0 Å². The number of nitrogens with one attached hydrogen (secondary N) is 1. The van der Waals surface area contributed by atoms with Crippen molar-refractivity contribution in [2.24, 2.45) is 0 Å². The highest BCUT2D eigenvalue weighted by Gasteiger charge is 2.15. The molecule has 0 saturated heterocycles. The molecule has 0 unspecified atom stereocenters. The van der Waals surface area contributed by atoms with Gasteiger partial charge in [0.2, 0.25) is 0 Å². The summed E-state index contributed by atoms with van der Waals surface area (Å²) in [6, 6.07) is 9.61. The number of aliphatic hydroxyl groups excluding tert-OH is 1. The minimum absolute atomic E-state index is 0. The number of benzene rings is 1. The van der Waals surface area contributed by atoms with E-state index in [0.717, 1.165) is 29.9 Å². The molecule has 212 valence electrons. The lowest BCUT2D eigenvalue weighted by atomic mass is 10.1. The zero-order valence-electron chi connectivity index (χ0n) is 23.6. The summed E-state index contributed by atoms with van der Waals surface area (Å²) in [6.07, 6.45) is 15.1. The number of hydrogen-bond donors (Lipinski definition) is 2. The van der Waals surface area contributed by atoms with E-state index in [1.807, 2.05) is 25.1 Å². The number of unbranched alkanes of at least 4 members (excludes halogenated alkanes) is 3. The van der Waals surface area contributed by atoms with Gasteiger partial charge in [-0.1, -0.05) is 77.7 Å². The fraction of sp³-hybridized carbons (Fsp3) is 0.406. The number of anilines is 1. The second-order valence-electron chi connectivity index (χ2n) is 9.35. The molecule has 2 aromatic heterocycles. The first-order chi connectivity index (χ1) is 18.3. The van der Waals surface area contributed by atoms with Gasteiger partial charge in [-0.2, -0.15) is 5.10 Å². The molecular formula is C32H46FN5O. The lowest BCUT2D eigenvalue weighted by molar-refractivity contribution is 0.210. The Labute approximate surface area is 234 Å². The Balaban J connectivity index is 0.00000116. The fourth-order valence-corrected chi connectivity index (χ4v) is 3.57. The zero-order valence-corrected chi connectivity index (χ0v) is 23.6. The highest BCUT2D eigenvalue weighted by Crippen LogP contribution is 2.22. The zero-order chi connectivity index (χ0) is 27.9. The maximum Gasteiger partial charge on any atom is 0.174 e. The summed E-state index contributed by atoms with van der Waals surface area (Å²) in [5, 5.41) is 17.3. The van der Waals surface area contributed by atoms with E-state index < -0.39 is 6.10 Å². The highest BCUT2D eigenvalue weighted by molar-refractivity contribution is 5.66. The molecule has 0 bridgehead atoms. The van der Waals surface area contributed by atoms with Crippen molar-refractivity contribution in [3.63, 3.8) is 0 Å². The molecule has 0 fully saturated rings. The maximum atomic E-state index is 13.1. The molecule has 0 saturated carbocycles. The summed E-state index contributed by atoms with van der Waals surface area (Å²) in [7, 11) is 0. The topological polar surface area (TPSA) is 77.9 Å². The molecule has 6 nitrogen and oxygen atoms in total. The van der Waals surface area contributed by atoms with Crippen LogP contribution in [0.3, 0.4) is 0 Å². The number of H-pyrrole nitrogens is 1. The van der Waals surface area contributed by atoms with Gasteiger partial charge in [-0.05, 0) is 69.2 Å². The maximum absolute atomic E-state index is 13.1. The van der Waals surface area contributed by atoms with Gasteiger partial charge in [-0.3, -0.25) is 10.1 Å². The number of aromatic nitrogens is 4. The third-order valence-corrected chi connectivity index (χ3v) is 5.55. The number of rotatable bonds is 11. The molecule has 0 aliphatic heterocycles. The van der Waals surface area contributed by atoms with Crippen LogP contribution < -0.4 is 4.90 Å². The number of pyridine rings is 1. The Morgan fingerprint density at radius 1 is 1.00 bits per heavy atom. The van der Waals surface area contributed by atoms with Crippen molar-refractivity contribution < 1.29 is 9.50 Å². The molecule has 0 aliphatic rings. The molecule has 2 heterocycles. The van der Waals surface area contributed by atoms with Crippen LogP contribution in [0, 0.1) is 12.7 Å². The van der Waals surface area contributed by atoms with Gasteiger partial charge in [0, 0.05) is 12.4 Å². The molecule has 39 heavy (non-hydrogen) atoms. The summed E-state index contributed by atoms with van der Waals surface area (Å²) in [4.78, 5) is 11.1. The van der Waals surface area contributed by atoms with Gasteiger partial charge in [0.05, 0.1) is 17.1 Å². The van der Waals surface area contributed by atoms with Crippen molar-refractivity contribution in [3.8, 4) is 0 Å². The van der Waals surface area contributed by atoms with Crippen LogP contribution in [-0.2, 0) is 0 Å². The predicted molar refractivity (Wildman–Crippen MR) is 163 cm³/mol. The van der Waals surface area contributed by atoms with E-state index in [9.17, 15) is 9.50 Å². The van der Waals surface area contributed by atoms with Crippen LogP contribution in [0.1, 0.15) is 109 Å². The smallest absolute Gasteiger partial charge is 0.174 e. The Morgan fingerprint density at radius 2 is 1.69 bits per heavy atom. The highest BCUT2D eigenvalue weighted by atomic mass is 19.1. The van der Waals surface area contributed by atoms with Gasteiger partial charge in [0.15, 0.2) is 11.6 Å².